The van der Waals surface area contributed by atoms with E-state index in [0.29, 0.717) is 12.0 Å². The third kappa shape index (κ3) is 3.65. The molecule has 0 aliphatic rings. The van der Waals surface area contributed by atoms with E-state index in [0.717, 1.165) is 29.1 Å². The SMILES string of the molecule is COC(=O)CCCc1nc(-c2ccc(C#N)cc2)cs1. The zero-order valence-corrected chi connectivity index (χ0v) is 11.9. The number of methoxy groups -OCH3 is 1. The van der Waals surface area contributed by atoms with E-state index in [9.17, 15) is 4.79 Å². The Morgan fingerprint density at radius 3 is 2.80 bits per heavy atom. The van der Waals surface area contributed by atoms with Crippen molar-refractivity contribution in [3.8, 4) is 17.3 Å². The van der Waals surface area contributed by atoms with Gasteiger partial charge in [-0.3, -0.25) is 4.79 Å². The van der Waals surface area contributed by atoms with E-state index < -0.39 is 0 Å². The predicted molar refractivity (Wildman–Crippen MR) is 77.2 cm³/mol. The van der Waals surface area contributed by atoms with Crippen LogP contribution in [0.1, 0.15) is 23.4 Å². The van der Waals surface area contributed by atoms with Crippen molar-refractivity contribution in [2.24, 2.45) is 0 Å². The molecule has 0 amide bonds. The van der Waals surface area contributed by atoms with Gasteiger partial charge in [0.1, 0.15) is 0 Å². The second-order valence-corrected chi connectivity index (χ2v) is 5.19. The molecule has 20 heavy (non-hydrogen) atoms. The number of carbonyl (C=O) groups excluding carboxylic acids is 1. The van der Waals surface area contributed by atoms with E-state index in [1.54, 1.807) is 23.5 Å². The van der Waals surface area contributed by atoms with Crippen molar-refractivity contribution in [2.45, 2.75) is 19.3 Å². The molecular formula is C15H14N2O2S. The largest absolute Gasteiger partial charge is 0.469 e. The molecule has 0 saturated heterocycles. The number of aromatic nitrogens is 1. The molecule has 0 aliphatic heterocycles. The Morgan fingerprint density at radius 2 is 2.15 bits per heavy atom. The first kappa shape index (κ1) is 14.2. The standard InChI is InChI=1S/C15H14N2O2S/c1-19-15(18)4-2-3-14-17-13(10-20-14)12-7-5-11(9-16)6-8-12/h5-8,10H,2-4H2,1H3. The molecule has 0 aliphatic carbocycles. The molecule has 0 radical (unpaired) electrons. The Hall–Kier alpha value is -2.19. The summed E-state index contributed by atoms with van der Waals surface area (Å²) in [4.78, 5) is 15.6. The first-order valence-corrected chi connectivity index (χ1v) is 7.12. The van der Waals surface area contributed by atoms with Gasteiger partial charge in [-0.1, -0.05) is 12.1 Å². The minimum atomic E-state index is -0.186. The van der Waals surface area contributed by atoms with Crippen molar-refractivity contribution in [1.29, 1.82) is 5.26 Å². The maximum Gasteiger partial charge on any atom is 0.305 e. The highest BCUT2D eigenvalue weighted by molar-refractivity contribution is 7.09. The van der Waals surface area contributed by atoms with Crippen LogP contribution in [0.5, 0.6) is 0 Å². The molecule has 0 fully saturated rings. The Labute approximate surface area is 121 Å². The summed E-state index contributed by atoms with van der Waals surface area (Å²) in [5.41, 5.74) is 2.55. The highest BCUT2D eigenvalue weighted by atomic mass is 32.1. The molecule has 102 valence electrons. The first-order valence-electron chi connectivity index (χ1n) is 6.24. The van der Waals surface area contributed by atoms with E-state index in [1.807, 2.05) is 17.5 Å². The number of rotatable bonds is 5. The number of hydrogen-bond acceptors (Lipinski definition) is 5. The Morgan fingerprint density at radius 1 is 1.40 bits per heavy atom. The molecule has 0 saturated carbocycles. The van der Waals surface area contributed by atoms with Gasteiger partial charge in [0.15, 0.2) is 0 Å². The van der Waals surface area contributed by atoms with Crippen molar-refractivity contribution >= 4 is 17.3 Å². The number of carbonyl (C=O) groups is 1. The molecule has 0 bridgehead atoms. The smallest absolute Gasteiger partial charge is 0.305 e. The summed E-state index contributed by atoms with van der Waals surface area (Å²) in [6, 6.07) is 9.45. The molecule has 5 heteroatoms. The average molecular weight is 286 g/mol. The lowest BCUT2D eigenvalue weighted by Gasteiger charge is -1.98. The fourth-order valence-electron chi connectivity index (χ4n) is 1.76. The molecule has 2 rings (SSSR count). The number of nitriles is 1. The van der Waals surface area contributed by atoms with Crippen molar-refractivity contribution in [3.63, 3.8) is 0 Å². The van der Waals surface area contributed by atoms with Gasteiger partial charge in [-0.05, 0) is 25.0 Å². The van der Waals surface area contributed by atoms with Crippen LogP contribution in [0.2, 0.25) is 0 Å². The zero-order chi connectivity index (χ0) is 14.4. The van der Waals surface area contributed by atoms with Crippen molar-refractivity contribution in [3.05, 3.63) is 40.2 Å². The number of nitrogens with zero attached hydrogens (tertiary/aromatic N) is 2. The van der Waals surface area contributed by atoms with Crippen LogP contribution in [0.3, 0.4) is 0 Å². The molecule has 1 aromatic carbocycles. The third-order valence-electron chi connectivity index (χ3n) is 2.86. The lowest BCUT2D eigenvalue weighted by atomic mass is 10.1. The molecular weight excluding hydrogens is 272 g/mol. The van der Waals surface area contributed by atoms with Crippen LogP contribution in [0, 0.1) is 11.3 Å². The second kappa shape index (κ2) is 6.83. The fraction of sp³-hybridized carbons (Fsp3) is 0.267. The average Bonchev–Trinajstić information content (AvgIpc) is 2.96. The maximum atomic E-state index is 11.0. The van der Waals surface area contributed by atoms with Crippen LogP contribution in [0.4, 0.5) is 0 Å². The van der Waals surface area contributed by atoms with Gasteiger partial charge in [0.05, 0.1) is 29.4 Å². The van der Waals surface area contributed by atoms with E-state index in [2.05, 4.69) is 15.8 Å². The predicted octanol–water partition coefficient (Wildman–Crippen LogP) is 3.18. The monoisotopic (exact) mass is 286 g/mol. The number of esters is 1. The van der Waals surface area contributed by atoms with E-state index in [4.69, 9.17) is 5.26 Å². The molecule has 0 unspecified atom stereocenters. The summed E-state index contributed by atoms with van der Waals surface area (Å²) in [6.45, 7) is 0. The number of hydrogen-bond donors (Lipinski definition) is 0. The van der Waals surface area contributed by atoms with Crippen LogP contribution >= 0.6 is 11.3 Å². The summed E-state index contributed by atoms with van der Waals surface area (Å²) in [5, 5.41) is 11.8. The highest BCUT2D eigenvalue weighted by Gasteiger charge is 2.06. The van der Waals surface area contributed by atoms with E-state index >= 15 is 0 Å². The van der Waals surface area contributed by atoms with Gasteiger partial charge in [-0.15, -0.1) is 11.3 Å². The Kier molecular flexibility index (Phi) is 4.85. The zero-order valence-electron chi connectivity index (χ0n) is 11.1. The van der Waals surface area contributed by atoms with Crippen LogP contribution < -0.4 is 0 Å². The van der Waals surface area contributed by atoms with Gasteiger partial charge in [0.2, 0.25) is 0 Å². The summed E-state index contributed by atoms with van der Waals surface area (Å²) in [6.07, 6.45) is 1.94. The minimum absolute atomic E-state index is 0.186. The van der Waals surface area contributed by atoms with Gasteiger partial charge in [-0.25, -0.2) is 4.98 Å². The second-order valence-electron chi connectivity index (χ2n) is 4.25. The van der Waals surface area contributed by atoms with Gasteiger partial charge in [0.25, 0.3) is 0 Å². The molecule has 0 spiro atoms. The molecule has 1 heterocycles. The Bertz CT molecular complexity index is 626. The summed E-state index contributed by atoms with van der Waals surface area (Å²) in [7, 11) is 1.40. The number of aryl methyl sites for hydroxylation is 1. The quantitative estimate of drug-likeness (QED) is 0.792. The summed E-state index contributed by atoms with van der Waals surface area (Å²) in [5.74, 6) is -0.186. The lowest BCUT2D eigenvalue weighted by molar-refractivity contribution is -0.140. The van der Waals surface area contributed by atoms with Crippen molar-refractivity contribution in [2.75, 3.05) is 7.11 Å². The van der Waals surface area contributed by atoms with Crippen molar-refractivity contribution < 1.29 is 9.53 Å². The molecule has 0 N–H and O–H groups in total. The topological polar surface area (TPSA) is 63.0 Å². The third-order valence-corrected chi connectivity index (χ3v) is 3.77. The Balaban J connectivity index is 1.97. The van der Waals surface area contributed by atoms with Crippen molar-refractivity contribution in [1.82, 2.24) is 4.98 Å². The first-order chi connectivity index (χ1) is 9.72. The normalized spacial score (nSPS) is 10.0. The number of ether oxygens (including phenoxy) is 1. The molecule has 4 nitrogen and oxygen atoms in total. The molecule has 1 aromatic heterocycles. The molecule has 0 atom stereocenters. The van der Waals surface area contributed by atoms with E-state index in [1.165, 1.54) is 7.11 Å². The fourth-order valence-corrected chi connectivity index (χ4v) is 2.61. The highest BCUT2D eigenvalue weighted by Crippen LogP contribution is 2.23. The molecule has 2 aromatic rings. The van der Waals surface area contributed by atoms with Gasteiger partial charge in [-0.2, -0.15) is 5.26 Å². The van der Waals surface area contributed by atoms with E-state index in [-0.39, 0.29) is 5.97 Å². The number of thiazole rings is 1. The summed E-state index contributed by atoms with van der Waals surface area (Å²) >= 11 is 1.59. The van der Waals surface area contributed by atoms with Gasteiger partial charge < -0.3 is 4.74 Å². The maximum absolute atomic E-state index is 11.0. The van der Waals surface area contributed by atoms with Crippen LogP contribution in [0.15, 0.2) is 29.6 Å². The van der Waals surface area contributed by atoms with Crippen LogP contribution in [-0.2, 0) is 16.0 Å². The lowest BCUT2D eigenvalue weighted by Crippen LogP contribution is -2.00. The van der Waals surface area contributed by atoms with Gasteiger partial charge in [0, 0.05) is 17.4 Å². The number of benzene rings is 1. The van der Waals surface area contributed by atoms with Gasteiger partial charge >= 0.3 is 5.97 Å². The minimum Gasteiger partial charge on any atom is -0.469 e. The van der Waals surface area contributed by atoms with Crippen LogP contribution in [-0.4, -0.2) is 18.1 Å². The van der Waals surface area contributed by atoms with Crippen LogP contribution in [0.25, 0.3) is 11.3 Å². The summed E-state index contributed by atoms with van der Waals surface area (Å²) < 4.78 is 4.60.